The summed E-state index contributed by atoms with van der Waals surface area (Å²) in [7, 11) is -3.11. The minimum absolute atomic E-state index is 0.00389. The molecule has 2 aromatic rings. The van der Waals surface area contributed by atoms with E-state index in [2.05, 4.69) is 0 Å². The fourth-order valence-electron chi connectivity index (χ4n) is 3.11. The average molecular weight is 318 g/mol. The minimum Gasteiger partial charge on any atom is -0.326 e. The van der Waals surface area contributed by atoms with E-state index in [0.717, 1.165) is 22.3 Å². The Morgan fingerprint density at radius 3 is 1.68 bits per heavy atom. The number of benzene rings is 2. The topological polar surface area (TPSA) is 46.5 Å². The maximum Gasteiger partial charge on any atom is 0.317 e. The first-order valence-electron chi connectivity index (χ1n) is 7.43. The van der Waals surface area contributed by atoms with Crippen molar-refractivity contribution >= 4 is 8.25 Å². The van der Waals surface area contributed by atoms with Gasteiger partial charge in [-0.25, -0.2) is 0 Å². The van der Waals surface area contributed by atoms with E-state index >= 15 is 0 Å². The quantitative estimate of drug-likeness (QED) is 0.819. The Balaban J connectivity index is 2.81. The number of hydrogen-bond donors (Lipinski definition) is 1. The van der Waals surface area contributed by atoms with Crippen LogP contribution in [0.3, 0.4) is 0 Å². The van der Waals surface area contributed by atoms with Gasteiger partial charge in [-0.15, -0.1) is 0 Å². The van der Waals surface area contributed by atoms with E-state index in [1.165, 1.54) is 0 Å². The third kappa shape index (κ3) is 3.03. The molecule has 2 aromatic carbocycles. The predicted octanol–water partition coefficient (Wildman–Crippen LogP) is 4.60. The number of hydrogen-bond acceptors (Lipinski definition) is 2. The first-order valence-corrected chi connectivity index (χ1v) is 8.70. The summed E-state index contributed by atoms with van der Waals surface area (Å²) in [5.74, 6) is -0.00389. The van der Waals surface area contributed by atoms with Crippen molar-refractivity contribution in [3.63, 3.8) is 0 Å². The van der Waals surface area contributed by atoms with Crippen molar-refractivity contribution in [2.75, 3.05) is 0 Å². The molecule has 1 unspecified atom stereocenters. The van der Waals surface area contributed by atoms with Crippen molar-refractivity contribution < 1.29 is 14.0 Å². The van der Waals surface area contributed by atoms with Gasteiger partial charge in [-0.05, 0) is 42.0 Å². The van der Waals surface area contributed by atoms with Crippen molar-refractivity contribution in [3.05, 3.63) is 70.8 Å². The maximum atomic E-state index is 11.7. The fraction of sp³-hybridized carbons (Fsp3) is 0.333. The van der Waals surface area contributed by atoms with Gasteiger partial charge in [0.05, 0.1) is 0 Å². The van der Waals surface area contributed by atoms with E-state index in [1.807, 2.05) is 76.2 Å². The van der Waals surface area contributed by atoms with Gasteiger partial charge in [0.25, 0.3) is 0 Å². The van der Waals surface area contributed by atoms with Crippen LogP contribution in [0.25, 0.3) is 0 Å². The van der Waals surface area contributed by atoms with Crippen LogP contribution in [0.5, 0.6) is 0 Å². The molecule has 118 valence electrons. The summed E-state index contributed by atoms with van der Waals surface area (Å²) in [5.41, 5.74) is 3.03. The van der Waals surface area contributed by atoms with Crippen molar-refractivity contribution in [2.45, 2.75) is 33.3 Å². The molecule has 0 aliphatic rings. The van der Waals surface area contributed by atoms with Crippen LogP contribution in [0, 0.1) is 19.8 Å². The monoisotopic (exact) mass is 318 g/mol. The van der Waals surface area contributed by atoms with Gasteiger partial charge in [0.15, 0.2) is 0 Å². The minimum atomic E-state index is -3.11. The summed E-state index contributed by atoms with van der Waals surface area (Å²) in [6, 6.07) is 15.8. The normalized spacial score (nSPS) is 13.4. The Kier molecular flexibility index (Phi) is 5.23. The molecule has 0 aromatic heterocycles. The van der Waals surface area contributed by atoms with Gasteiger partial charge >= 0.3 is 8.25 Å². The molecule has 0 heterocycles. The Labute approximate surface area is 132 Å². The molecular formula is C18H23O3P. The molecule has 3 nitrogen and oxygen atoms in total. The van der Waals surface area contributed by atoms with Gasteiger partial charge in [0.1, 0.15) is 5.60 Å². The summed E-state index contributed by atoms with van der Waals surface area (Å²) in [5, 5.41) is 0. The van der Waals surface area contributed by atoms with Crippen LogP contribution in [0.2, 0.25) is 0 Å². The standard InChI is InChI=1S/C18H23O3P/c1-13(2)18(21-22(19)20,16-11-7-5-9-14(16)3)17-12-8-6-10-15(17)4/h5-13,22H,1-4H3,(H,19,20). The third-order valence-corrected chi connectivity index (χ3v) is 4.65. The molecule has 0 aliphatic heterocycles. The molecule has 0 aliphatic carbocycles. The van der Waals surface area contributed by atoms with Crippen molar-refractivity contribution in [3.8, 4) is 0 Å². The Morgan fingerprint density at radius 2 is 1.36 bits per heavy atom. The van der Waals surface area contributed by atoms with Gasteiger partial charge in [-0.1, -0.05) is 62.4 Å². The highest BCUT2D eigenvalue weighted by Crippen LogP contribution is 2.47. The largest absolute Gasteiger partial charge is 0.326 e. The molecular weight excluding hydrogens is 295 g/mol. The van der Waals surface area contributed by atoms with Crippen LogP contribution in [-0.4, -0.2) is 4.89 Å². The van der Waals surface area contributed by atoms with Crippen LogP contribution < -0.4 is 0 Å². The highest BCUT2D eigenvalue weighted by molar-refractivity contribution is 7.32. The van der Waals surface area contributed by atoms with Gasteiger partial charge in [-0.3, -0.25) is 9.09 Å². The van der Waals surface area contributed by atoms with E-state index in [-0.39, 0.29) is 5.92 Å². The first kappa shape index (κ1) is 17.0. The van der Waals surface area contributed by atoms with Crippen LogP contribution in [0.4, 0.5) is 0 Å². The Bertz CT molecular complexity index is 634. The molecule has 1 atom stereocenters. The lowest BCUT2D eigenvalue weighted by Crippen LogP contribution is -2.36. The van der Waals surface area contributed by atoms with Gasteiger partial charge in [0, 0.05) is 0 Å². The number of rotatable bonds is 5. The zero-order valence-electron chi connectivity index (χ0n) is 13.5. The lowest BCUT2D eigenvalue weighted by Gasteiger charge is -2.39. The van der Waals surface area contributed by atoms with Gasteiger partial charge in [-0.2, -0.15) is 0 Å². The van der Waals surface area contributed by atoms with Crippen molar-refractivity contribution in [2.24, 2.45) is 5.92 Å². The second-order valence-corrected chi connectivity index (χ2v) is 6.62. The summed E-state index contributed by atoms with van der Waals surface area (Å²) >= 11 is 0. The SMILES string of the molecule is Cc1ccccc1C(O[PH](=O)O)(c1ccccc1C)C(C)C. The third-order valence-electron chi connectivity index (χ3n) is 4.15. The van der Waals surface area contributed by atoms with Crippen LogP contribution in [0.1, 0.15) is 36.1 Å². The molecule has 22 heavy (non-hydrogen) atoms. The molecule has 2 rings (SSSR count). The second-order valence-electron chi connectivity index (χ2n) is 5.89. The summed E-state index contributed by atoms with van der Waals surface area (Å²) in [6.07, 6.45) is 0. The van der Waals surface area contributed by atoms with Crippen molar-refractivity contribution in [1.29, 1.82) is 0 Å². The van der Waals surface area contributed by atoms with Crippen LogP contribution in [0.15, 0.2) is 48.5 Å². The van der Waals surface area contributed by atoms with E-state index < -0.39 is 13.9 Å². The summed E-state index contributed by atoms with van der Waals surface area (Å²) in [6.45, 7) is 8.04. The van der Waals surface area contributed by atoms with Crippen molar-refractivity contribution in [1.82, 2.24) is 0 Å². The van der Waals surface area contributed by atoms with E-state index in [0.29, 0.717) is 0 Å². The first-order chi connectivity index (χ1) is 10.4. The summed E-state index contributed by atoms with van der Waals surface area (Å²) in [4.78, 5) is 9.57. The highest BCUT2D eigenvalue weighted by atomic mass is 31.1. The smallest absolute Gasteiger partial charge is 0.317 e. The molecule has 0 amide bonds. The molecule has 0 saturated carbocycles. The maximum absolute atomic E-state index is 11.7. The molecule has 1 N–H and O–H groups in total. The lowest BCUT2D eigenvalue weighted by molar-refractivity contribution is 0.0548. The molecule has 0 spiro atoms. The average Bonchev–Trinajstić information content (AvgIpc) is 2.45. The molecule has 0 radical (unpaired) electrons. The van der Waals surface area contributed by atoms with E-state index in [1.54, 1.807) is 0 Å². The second kappa shape index (κ2) is 6.78. The Morgan fingerprint density at radius 1 is 0.955 bits per heavy atom. The molecule has 4 heteroatoms. The zero-order valence-corrected chi connectivity index (χ0v) is 14.5. The highest BCUT2D eigenvalue weighted by Gasteiger charge is 2.42. The lowest BCUT2D eigenvalue weighted by atomic mass is 9.75. The van der Waals surface area contributed by atoms with Crippen LogP contribution in [-0.2, 0) is 14.7 Å². The number of aryl methyl sites for hydroxylation is 2. The molecule has 0 bridgehead atoms. The Hall–Kier alpha value is -1.41. The molecule has 0 saturated heterocycles. The van der Waals surface area contributed by atoms with Gasteiger partial charge in [0.2, 0.25) is 0 Å². The zero-order chi connectivity index (χ0) is 16.3. The van der Waals surface area contributed by atoms with Gasteiger partial charge < -0.3 is 4.89 Å². The predicted molar refractivity (Wildman–Crippen MR) is 90.3 cm³/mol. The summed E-state index contributed by atoms with van der Waals surface area (Å²) < 4.78 is 17.4. The van der Waals surface area contributed by atoms with Crippen LogP contribution >= 0.6 is 8.25 Å². The van der Waals surface area contributed by atoms with E-state index in [9.17, 15) is 9.46 Å². The fourth-order valence-corrected chi connectivity index (χ4v) is 3.84. The molecule has 0 fully saturated rings. The van der Waals surface area contributed by atoms with E-state index in [4.69, 9.17) is 4.52 Å².